The van der Waals surface area contributed by atoms with E-state index in [9.17, 15) is 0 Å². The highest BCUT2D eigenvalue weighted by Gasteiger charge is 2.30. The van der Waals surface area contributed by atoms with Gasteiger partial charge in [-0.25, -0.2) is 15.0 Å². The van der Waals surface area contributed by atoms with Crippen LogP contribution in [0.5, 0.6) is 0 Å². The molecule has 8 nitrogen and oxygen atoms in total. The van der Waals surface area contributed by atoms with Gasteiger partial charge in [0.1, 0.15) is 17.8 Å². The summed E-state index contributed by atoms with van der Waals surface area (Å²) in [6.45, 7) is 0. The molecule has 11 rings (SSSR count). The molecule has 2 aromatic heterocycles. The van der Waals surface area contributed by atoms with E-state index < -0.39 is 12.5 Å². The third kappa shape index (κ3) is 5.30. The lowest BCUT2D eigenvalue weighted by atomic mass is 10.1. The molecule has 0 radical (unpaired) electrons. The van der Waals surface area contributed by atoms with Gasteiger partial charge in [0.2, 0.25) is 5.96 Å². The van der Waals surface area contributed by atoms with E-state index in [-0.39, 0.29) is 6.17 Å². The second-order valence-corrected chi connectivity index (χ2v) is 14.2. The van der Waals surface area contributed by atoms with E-state index in [0.717, 1.165) is 78.1 Å². The van der Waals surface area contributed by atoms with Gasteiger partial charge < -0.3 is 15.2 Å². The number of fused-ring (bicyclic) bond motifs is 7. The Kier molecular flexibility index (Phi) is 7.60. The van der Waals surface area contributed by atoms with Gasteiger partial charge in [0, 0.05) is 32.7 Å². The highest BCUT2D eigenvalue weighted by Crippen LogP contribution is 2.42. The van der Waals surface area contributed by atoms with Crippen molar-refractivity contribution in [2.45, 2.75) is 18.6 Å². The van der Waals surface area contributed by atoms with Crippen molar-refractivity contribution in [3.63, 3.8) is 0 Å². The number of aliphatic imine (C=N–C) groups is 3. The molecule has 8 heteroatoms. The topological polar surface area (TPSA) is 83.0 Å². The van der Waals surface area contributed by atoms with Gasteiger partial charge in [-0.2, -0.15) is 0 Å². The summed E-state index contributed by atoms with van der Waals surface area (Å²) in [6.07, 6.45) is -1.04. The van der Waals surface area contributed by atoms with Gasteiger partial charge in [0.25, 0.3) is 0 Å². The average Bonchev–Trinajstić information content (AvgIpc) is 3.80. The van der Waals surface area contributed by atoms with Crippen molar-refractivity contribution in [2.24, 2.45) is 15.0 Å². The number of para-hydroxylation sites is 2. The summed E-state index contributed by atoms with van der Waals surface area (Å²) in [5.74, 6) is 2.33. The molecule has 4 heterocycles. The maximum Gasteiger partial charge on any atom is 0.211 e. The van der Waals surface area contributed by atoms with Gasteiger partial charge in [-0.05, 0) is 29.3 Å². The van der Waals surface area contributed by atoms with Crippen molar-refractivity contribution in [2.75, 3.05) is 0 Å². The van der Waals surface area contributed by atoms with Crippen molar-refractivity contribution in [3.8, 4) is 0 Å². The van der Waals surface area contributed by atoms with Crippen LogP contribution < -0.4 is 16.0 Å². The number of nitrogens with zero attached hydrogens (tertiary/aromatic N) is 5. The molecule has 0 aliphatic carbocycles. The molecule has 3 N–H and O–H groups in total. The zero-order valence-electron chi connectivity index (χ0n) is 30.3. The predicted octanol–water partition coefficient (Wildman–Crippen LogP) is 9.65. The van der Waals surface area contributed by atoms with Crippen LogP contribution in [0.15, 0.2) is 197 Å². The Balaban J connectivity index is 1.17. The minimum Gasteiger partial charge on any atom is -0.350 e. The fourth-order valence-electron chi connectivity index (χ4n) is 8.33. The number of aromatic nitrogens is 2. The van der Waals surface area contributed by atoms with E-state index in [1.165, 1.54) is 5.39 Å². The first-order chi connectivity index (χ1) is 27.8. The molecule has 0 amide bonds. The third-order valence-electron chi connectivity index (χ3n) is 10.9. The Bertz CT molecular complexity index is 3000. The van der Waals surface area contributed by atoms with Gasteiger partial charge >= 0.3 is 0 Å². The lowest BCUT2D eigenvalue weighted by molar-refractivity contribution is 0.341. The molecule has 0 bridgehead atoms. The molecular formula is C48H36N8. The number of hydrogen-bond donors (Lipinski definition) is 3. The van der Waals surface area contributed by atoms with E-state index in [0.29, 0.717) is 0 Å². The predicted molar refractivity (Wildman–Crippen MR) is 228 cm³/mol. The standard InChI is InChI=1S/C48H36N8/c1-5-17-31(18-6-1)43-49-44(32-19-7-2-8-20-32)52-47(51-43)55-39-28-16-14-26-37(39)41-40(55)30-29-36-35-25-13-15-27-38(35)56(42(36)41)48-53-45(33-21-9-3-10-22-33)50-46(54-48)34-23-11-4-12-24-34/h1-30,43,45,48,53H,(H,50,54)(H,49,51,52). The van der Waals surface area contributed by atoms with Crippen molar-refractivity contribution in [1.29, 1.82) is 0 Å². The highest BCUT2D eigenvalue weighted by molar-refractivity contribution is 6.28. The molecule has 56 heavy (non-hydrogen) atoms. The number of amidine groups is 2. The largest absolute Gasteiger partial charge is 0.350 e. The Morgan fingerprint density at radius 3 is 1.75 bits per heavy atom. The van der Waals surface area contributed by atoms with E-state index in [2.05, 4.69) is 165 Å². The van der Waals surface area contributed by atoms with Crippen LogP contribution in [-0.2, 0) is 0 Å². The number of nitrogens with one attached hydrogen (secondary N) is 3. The summed E-state index contributed by atoms with van der Waals surface area (Å²) >= 11 is 0. The van der Waals surface area contributed by atoms with E-state index in [4.69, 9.17) is 15.0 Å². The van der Waals surface area contributed by atoms with Crippen LogP contribution in [0.4, 0.5) is 0 Å². The zero-order chi connectivity index (χ0) is 37.0. The van der Waals surface area contributed by atoms with Crippen LogP contribution in [-0.4, -0.2) is 26.8 Å². The molecule has 268 valence electrons. The van der Waals surface area contributed by atoms with Crippen molar-refractivity contribution < 1.29 is 0 Å². The first kappa shape index (κ1) is 32.2. The SMILES string of the molecule is c1ccc(C2=NC(c3ccccc3)N=C(n3c4ccccc4c4c3ccc3c5ccccc5n(C5N=C(c6ccccc6)NC(c6ccccc6)N5)c34)N2)cc1. The van der Waals surface area contributed by atoms with Crippen LogP contribution in [0.3, 0.4) is 0 Å². The summed E-state index contributed by atoms with van der Waals surface area (Å²) in [4.78, 5) is 15.9. The maximum atomic E-state index is 5.44. The molecule has 0 spiro atoms. The van der Waals surface area contributed by atoms with E-state index in [1.54, 1.807) is 0 Å². The smallest absolute Gasteiger partial charge is 0.211 e. The van der Waals surface area contributed by atoms with Gasteiger partial charge in [0.05, 0.1) is 22.1 Å². The first-order valence-corrected chi connectivity index (χ1v) is 19.0. The van der Waals surface area contributed by atoms with Crippen molar-refractivity contribution in [3.05, 3.63) is 204 Å². The molecule has 3 atom stereocenters. The Morgan fingerprint density at radius 1 is 0.446 bits per heavy atom. The average molecular weight is 725 g/mol. The molecule has 3 unspecified atom stereocenters. The van der Waals surface area contributed by atoms with E-state index in [1.807, 2.05) is 42.5 Å². The Hall–Kier alpha value is -7.29. The van der Waals surface area contributed by atoms with Crippen LogP contribution >= 0.6 is 0 Å². The van der Waals surface area contributed by atoms with Crippen LogP contribution in [0.1, 0.15) is 40.9 Å². The lowest BCUT2D eigenvalue weighted by Gasteiger charge is -2.33. The Morgan fingerprint density at radius 2 is 1.04 bits per heavy atom. The first-order valence-electron chi connectivity index (χ1n) is 19.0. The molecule has 7 aromatic carbocycles. The summed E-state index contributed by atoms with van der Waals surface area (Å²) in [7, 11) is 0. The van der Waals surface area contributed by atoms with Gasteiger partial charge in [-0.3, -0.25) is 9.88 Å². The fourth-order valence-corrected chi connectivity index (χ4v) is 8.33. The van der Waals surface area contributed by atoms with E-state index >= 15 is 0 Å². The second kappa shape index (κ2) is 13.2. The molecule has 0 fully saturated rings. The van der Waals surface area contributed by atoms with Gasteiger partial charge in [-0.15, -0.1) is 0 Å². The van der Waals surface area contributed by atoms with Crippen LogP contribution in [0.25, 0.3) is 43.6 Å². The molecular weight excluding hydrogens is 689 g/mol. The van der Waals surface area contributed by atoms with Crippen LogP contribution in [0.2, 0.25) is 0 Å². The number of rotatable bonds is 5. The van der Waals surface area contributed by atoms with Crippen molar-refractivity contribution >= 4 is 61.2 Å². The summed E-state index contributed by atoms with van der Waals surface area (Å²) in [6, 6.07) is 63.3. The minimum atomic E-state index is -0.434. The summed E-state index contributed by atoms with van der Waals surface area (Å²) in [5.41, 5.74) is 8.49. The maximum absolute atomic E-state index is 5.44. The summed E-state index contributed by atoms with van der Waals surface area (Å²) < 4.78 is 4.66. The molecule has 0 saturated heterocycles. The zero-order valence-corrected chi connectivity index (χ0v) is 30.3. The monoisotopic (exact) mass is 724 g/mol. The fraction of sp³-hybridized carbons (Fsp3) is 0.0625. The quantitative estimate of drug-likeness (QED) is 0.165. The molecule has 2 aliphatic rings. The molecule has 9 aromatic rings. The summed E-state index contributed by atoms with van der Waals surface area (Å²) in [5, 5.41) is 15.9. The number of benzene rings is 7. The van der Waals surface area contributed by atoms with Gasteiger partial charge in [0.15, 0.2) is 12.5 Å². The van der Waals surface area contributed by atoms with Gasteiger partial charge in [-0.1, -0.05) is 164 Å². The Labute approximate surface area is 323 Å². The second-order valence-electron chi connectivity index (χ2n) is 14.2. The third-order valence-corrected chi connectivity index (χ3v) is 10.9. The minimum absolute atomic E-state index is 0.183. The number of hydrogen-bond acceptors (Lipinski definition) is 6. The van der Waals surface area contributed by atoms with Crippen LogP contribution in [0, 0.1) is 0 Å². The lowest BCUT2D eigenvalue weighted by Crippen LogP contribution is -2.46. The molecule has 0 saturated carbocycles. The molecule has 2 aliphatic heterocycles. The highest BCUT2D eigenvalue weighted by atomic mass is 15.4. The normalized spacial score (nSPS) is 18.4. The van der Waals surface area contributed by atoms with Crippen molar-refractivity contribution in [1.82, 2.24) is 25.1 Å².